The first kappa shape index (κ1) is 30.9. The average Bonchev–Trinajstić information content (AvgIpc) is 2.65. The van der Waals surface area contributed by atoms with Gasteiger partial charge in [0.05, 0.1) is 0 Å². The Morgan fingerprint density at radius 1 is 0.586 bits per heavy atom. The lowest BCUT2D eigenvalue weighted by Crippen LogP contribution is -2.26. The SMILES string of the molecule is CCCCCCCCCCCCC(CCCCCCC)CC(C(=O)O)C(=O)O.[MgH2]. The van der Waals surface area contributed by atoms with Crippen LogP contribution in [-0.2, 0) is 9.59 Å². The van der Waals surface area contributed by atoms with E-state index >= 15 is 0 Å². The maximum absolute atomic E-state index is 11.3. The number of hydrogen-bond acceptors (Lipinski definition) is 2. The molecule has 0 fully saturated rings. The van der Waals surface area contributed by atoms with Gasteiger partial charge in [-0.3, -0.25) is 9.59 Å². The molecular weight excluding hydrogens is 377 g/mol. The van der Waals surface area contributed by atoms with Crippen LogP contribution >= 0.6 is 0 Å². The van der Waals surface area contributed by atoms with Crippen LogP contribution in [0.3, 0.4) is 0 Å². The van der Waals surface area contributed by atoms with Crippen LogP contribution in [-0.4, -0.2) is 45.2 Å². The van der Waals surface area contributed by atoms with Crippen LogP contribution < -0.4 is 0 Å². The van der Waals surface area contributed by atoms with Crippen molar-refractivity contribution in [3.63, 3.8) is 0 Å². The molecule has 0 spiro atoms. The minimum Gasteiger partial charge on any atom is -0.481 e. The van der Waals surface area contributed by atoms with Gasteiger partial charge in [-0.25, -0.2) is 0 Å². The molecule has 2 N–H and O–H groups in total. The van der Waals surface area contributed by atoms with Gasteiger partial charge in [-0.05, 0) is 12.3 Å². The molecule has 0 bridgehead atoms. The van der Waals surface area contributed by atoms with Crippen molar-refractivity contribution in [2.45, 2.75) is 129 Å². The molecule has 0 aliphatic rings. The van der Waals surface area contributed by atoms with Gasteiger partial charge in [-0.1, -0.05) is 123 Å². The van der Waals surface area contributed by atoms with Crippen molar-refractivity contribution < 1.29 is 19.8 Å². The predicted molar refractivity (Wildman–Crippen MR) is 125 cm³/mol. The molecule has 5 heteroatoms. The van der Waals surface area contributed by atoms with E-state index in [-0.39, 0.29) is 35.4 Å². The van der Waals surface area contributed by atoms with Crippen LogP contribution in [0.4, 0.5) is 0 Å². The van der Waals surface area contributed by atoms with E-state index in [4.69, 9.17) is 0 Å². The smallest absolute Gasteiger partial charge is 0.317 e. The van der Waals surface area contributed by atoms with Crippen molar-refractivity contribution in [3.8, 4) is 0 Å². The summed E-state index contributed by atoms with van der Waals surface area (Å²) in [5.41, 5.74) is 0. The largest absolute Gasteiger partial charge is 0.481 e. The zero-order valence-electron chi connectivity index (χ0n) is 18.6. The Bertz CT molecular complexity index is 373. The van der Waals surface area contributed by atoms with Crippen molar-refractivity contribution in [1.29, 1.82) is 0 Å². The van der Waals surface area contributed by atoms with Crippen molar-refractivity contribution in [2.75, 3.05) is 0 Å². The molecule has 1 atom stereocenters. The lowest BCUT2D eigenvalue weighted by molar-refractivity contribution is -0.155. The Morgan fingerprint density at radius 2 is 0.897 bits per heavy atom. The van der Waals surface area contributed by atoms with Gasteiger partial charge in [0, 0.05) is 0 Å². The highest BCUT2D eigenvalue weighted by molar-refractivity contribution is 5.92. The van der Waals surface area contributed by atoms with Gasteiger partial charge in [0.1, 0.15) is 0 Å². The zero-order valence-corrected chi connectivity index (χ0v) is 18.6. The summed E-state index contributed by atoms with van der Waals surface area (Å²) in [6.07, 6.45) is 21.1. The van der Waals surface area contributed by atoms with Crippen LogP contribution in [0.1, 0.15) is 129 Å². The van der Waals surface area contributed by atoms with Crippen molar-refractivity contribution in [2.24, 2.45) is 11.8 Å². The van der Waals surface area contributed by atoms with Crippen molar-refractivity contribution >= 4 is 35.0 Å². The van der Waals surface area contributed by atoms with E-state index in [0.29, 0.717) is 0 Å². The van der Waals surface area contributed by atoms with Crippen LogP contribution in [0, 0.1) is 11.8 Å². The van der Waals surface area contributed by atoms with E-state index in [1.807, 2.05) is 0 Å². The quantitative estimate of drug-likeness (QED) is 0.125. The third kappa shape index (κ3) is 19.4. The normalized spacial score (nSPS) is 12.0. The molecule has 0 aromatic heterocycles. The van der Waals surface area contributed by atoms with E-state index in [1.54, 1.807) is 0 Å². The molecule has 0 radical (unpaired) electrons. The first-order chi connectivity index (χ1) is 13.5. The highest BCUT2D eigenvalue weighted by Gasteiger charge is 2.28. The number of carboxylic acids is 2. The van der Waals surface area contributed by atoms with Gasteiger partial charge < -0.3 is 10.2 Å². The molecule has 0 aromatic carbocycles. The Morgan fingerprint density at radius 3 is 1.21 bits per heavy atom. The number of carboxylic acid groups (broad SMARTS) is 2. The van der Waals surface area contributed by atoms with E-state index in [2.05, 4.69) is 13.8 Å². The fraction of sp³-hybridized carbons (Fsp3) is 0.917. The summed E-state index contributed by atoms with van der Waals surface area (Å²) >= 11 is 0. The second kappa shape index (κ2) is 22.4. The summed E-state index contributed by atoms with van der Waals surface area (Å²) in [4.78, 5) is 22.5. The zero-order chi connectivity index (χ0) is 21.0. The summed E-state index contributed by atoms with van der Waals surface area (Å²) < 4.78 is 0. The lowest BCUT2D eigenvalue weighted by Gasteiger charge is -2.19. The molecule has 170 valence electrons. The molecular formula is C24H48MgO4. The average molecular weight is 425 g/mol. The molecule has 0 aromatic rings. The molecule has 1 unspecified atom stereocenters. The number of hydrogen-bond donors (Lipinski definition) is 2. The minimum atomic E-state index is -1.25. The third-order valence-corrected chi connectivity index (χ3v) is 5.85. The van der Waals surface area contributed by atoms with E-state index in [0.717, 1.165) is 25.7 Å². The highest BCUT2D eigenvalue weighted by atomic mass is 24.3. The number of aliphatic carboxylic acids is 2. The molecule has 0 amide bonds. The van der Waals surface area contributed by atoms with Gasteiger partial charge in [-0.15, -0.1) is 0 Å². The molecule has 0 aliphatic carbocycles. The molecule has 0 heterocycles. The summed E-state index contributed by atoms with van der Waals surface area (Å²) in [7, 11) is 0. The molecule has 0 rings (SSSR count). The van der Waals surface area contributed by atoms with Gasteiger partial charge in [-0.2, -0.15) is 0 Å². The summed E-state index contributed by atoms with van der Waals surface area (Å²) in [6.45, 7) is 4.44. The standard InChI is InChI=1S/C24H46O4.Mg.2H/c1-3-5-7-9-10-11-12-13-15-17-19-21(18-16-14-8-6-4-2)20-22(23(25)26)24(27)28;;;/h21-22H,3-20H2,1-2H3,(H,25,26)(H,27,28);;;. The fourth-order valence-electron chi connectivity index (χ4n) is 3.98. The van der Waals surface area contributed by atoms with Crippen LogP contribution in [0.5, 0.6) is 0 Å². The molecule has 0 saturated heterocycles. The van der Waals surface area contributed by atoms with E-state index < -0.39 is 17.9 Å². The van der Waals surface area contributed by atoms with Gasteiger partial charge in [0.25, 0.3) is 0 Å². The topological polar surface area (TPSA) is 74.6 Å². The molecule has 0 aliphatic heterocycles. The monoisotopic (exact) mass is 424 g/mol. The fourth-order valence-corrected chi connectivity index (χ4v) is 3.98. The number of rotatable bonds is 21. The maximum atomic E-state index is 11.3. The molecule has 4 nitrogen and oxygen atoms in total. The number of carbonyl (C=O) groups is 2. The molecule has 0 saturated carbocycles. The second-order valence-corrected chi connectivity index (χ2v) is 8.50. The highest BCUT2D eigenvalue weighted by Crippen LogP contribution is 2.26. The second-order valence-electron chi connectivity index (χ2n) is 8.50. The van der Waals surface area contributed by atoms with Crippen molar-refractivity contribution in [3.05, 3.63) is 0 Å². The lowest BCUT2D eigenvalue weighted by atomic mass is 9.86. The maximum Gasteiger partial charge on any atom is 0.317 e. The van der Waals surface area contributed by atoms with E-state index in [9.17, 15) is 19.8 Å². The van der Waals surface area contributed by atoms with Crippen LogP contribution in [0.15, 0.2) is 0 Å². The van der Waals surface area contributed by atoms with Gasteiger partial charge in [0.15, 0.2) is 5.92 Å². The summed E-state index contributed by atoms with van der Waals surface area (Å²) in [6, 6.07) is 0. The van der Waals surface area contributed by atoms with Crippen molar-refractivity contribution in [1.82, 2.24) is 0 Å². The Labute approximate surface area is 195 Å². The van der Waals surface area contributed by atoms with Gasteiger partial charge in [0.2, 0.25) is 0 Å². The van der Waals surface area contributed by atoms with E-state index in [1.165, 1.54) is 83.5 Å². The first-order valence-electron chi connectivity index (χ1n) is 12.0. The summed E-state index contributed by atoms with van der Waals surface area (Å²) in [5, 5.41) is 18.4. The summed E-state index contributed by atoms with van der Waals surface area (Å²) in [5.74, 6) is -3.39. The Kier molecular flexibility index (Phi) is 23.9. The molecule has 29 heavy (non-hydrogen) atoms. The van der Waals surface area contributed by atoms with Crippen LogP contribution in [0.25, 0.3) is 0 Å². The van der Waals surface area contributed by atoms with Crippen LogP contribution in [0.2, 0.25) is 0 Å². The third-order valence-electron chi connectivity index (χ3n) is 5.85. The van der Waals surface area contributed by atoms with Gasteiger partial charge >= 0.3 is 35.0 Å². The Balaban J connectivity index is 0. The Hall–Kier alpha value is -0.294. The first-order valence-corrected chi connectivity index (χ1v) is 12.0. The number of unbranched alkanes of at least 4 members (excludes halogenated alkanes) is 13. The predicted octanol–water partition coefficient (Wildman–Crippen LogP) is 6.53. The minimum absolute atomic E-state index is 0.